The smallest absolute Gasteiger partial charge is 0.315 e. The molecule has 0 spiro atoms. The van der Waals surface area contributed by atoms with E-state index < -0.39 is 4.92 Å². The van der Waals surface area contributed by atoms with Crippen molar-refractivity contribution in [1.29, 1.82) is 0 Å². The molecule has 2 heterocycles. The molecule has 1 aromatic heterocycles. The lowest BCUT2D eigenvalue weighted by atomic mass is 10.1. The van der Waals surface area contributed by atoms with Crippen molar-refractivity contribution in [2.75, 3.05) is 0 Å². The molecular weight excluding hydrogens is 312 g/mol. The van der Waals surface area contributed by atoms with Crippen LogP contribution in [0.25, 0.3) is 0 Å². The van der Waals surface area contributed by atoms with Crippen LogP contribution in [0.5, 0.6) is 0 Å². The van der Waals surface area contributed by atoms with Crippen LogP contribution in [-0.4, -0.2) is 31.8 Å². The summed E-state index contributed by atoms with van der Waals surface area (Å²) in [5.41, 5.74) is 0.689. The van der Waals surface area contributed by atoms with E-state index in [4.69, 9.17) is 0 Å². The number of aromatic nitrogens is 3. The summed E-state index contributed by atoms with van der Waals surface area (Å²) in [6, 6.07) is 5.59. The lowest BCUT2D eigenvalue weighted by molar-refractivity contribution is -0.384. The molecule has 2 aromatic rings. The second kappa shape index (κ2) is 6.65. The maximum atomic E-state index is 12.2. The quantitative estimate of drug-likeness (QED) is 0.652. The molecule has 9 heteroatoms. The molecule has 0 bridgehead atoms. The van der Waals surface area contributed by atoms with E-state index in [1.165, 1.54) is 18.5 Å². The highest BCUT2D eigenvalue weighted by atomic mass is 16.6. The number of fused-ring (bicyclic) bond motifs is 1. The van der Waals surface area contributed by atoms with Crippen LogP contribution in [0.4, 0.5) is 10.5 Å². The Morgan fingerprint density at radius 2 is 2.33 bits per heavy atom. The average molecular weight is 330 g/mol. The zero-order valence-corrected chi connectivity index (χ0v) is 13.2. The molecule has 3 rings (SSSR count). The fourth-order valence-electron chi connectivity index (χ4n) is 2.77. The number of amides is 2. The number of nitrogens with one attached hydrogen (secondary N) is 2. The molecule has 0 radical (unpaired) electrons. The topological polar surface area (TPSA) is 115 Å². The first-order valence-corrected chi connectivity index (χ1v) is 7.71. The number of nitro benzene ring substituents is 1. The van der Waals surface area contributed by atoms with E-state index in [1.54, 1.807) is 23.7 Å². The molecule has 0 saturated carbocycles. The van der Waals surface area contributed by atoms with Crippen LogP contribution in [-0.2, 0) is 13.0 Å². The van der Waals surface area contributed by atoms with E-state index in [-0.39, 0.29) is 23.8 Å². The third-order valence-electron chi connectivity index (χ3n) is 4.07. The number of nitrogens with zero attached hydrogens (tertiary/aromatic N) is 4. The van der Waals surface area contributed by atoms with Gasteiger partial charge < -0.3 is 10.6 Å². The first-order chi connectivity index (χ1) is 11.5. The van der Waals surface area contributed by atoms with Gasteiger partial charge in [0, 0.05) is 18.6 Å². The van der Waals surface area contributed by atoms with Crippen LogP contribution < -0.4 is 10.6 Å². The number of hydrogen-bond acceptors (Lipinski definition) is 5. The Balaban J connectivity index is 1.57. The van der Waals surface area contributed by atoms with Crippen molar-refractivity contribution in [2.24, 2.45) is 0 Å². The second-order valence-electron chi connectivity index (χ2n) is 5.79. The van der Waals surface area contributed by atoms with Gasteiger partial charge in [-0.1, -0.05) is 12.1 Å². The number of non-ortho nitro benzene ring substituents is 1. The molecule has 2 amide bonds. The standard InChI is InChI=1S/C15H18N6O3/c1-10(11-3-2-4-13(7-11)21(23)24)18-15(22)19-12-5-6-14-16-9-17-20(14)8-12/h2-4,7,9-10,12H,5-6,8H2,1H3,(H2,18,19,22). The van der Waals surface area contributed by atoms with Gasteiger partial charge in [0.2, 0.25) is 0 Å². The maximum absolute atomic E-state index is 12.2. The normalized spacial score (nSPS) is 17.6. The number of rotatable bonds is 4. The molecule has 2 N–H and O–H groups in total. The lowest BCUT2D eigenvalue weighted by Crippen LogP contribution is -2.46. The third-order valence-corrected chi connectivity index (χ3v) is 4.07. The van der Waals surface area contributed by atoms with Gasteiger partial charge in [0.05, 0.1) is 23.6 Å². The summed E-state index contributed by atoms with van der Waals surface area (Å²) in [5, 5.41) is 20.7. The molecule has 2 atom stereocenters. The summed E-state index contributed by atoms with van der Waals surface area (Å²) in [6.07, 6.45) is 3.09. The summed E-state index contributed by atoms with van der Waals surface area (Å²) in [6.45, 7) is 2.38. The zero-order chi connectivity index (χ0) is 17.1. The van der Waals surface area contributed by atoms with Gasteiger partial charge in [-0.3, -0.25) is 10.1 Å². The Labute approximate surface area is 138 Å². The van der Waals surface area contributed by atoms with Crippen molar-refractivity contribution < 1.29 is 9.72 Å². The molecule has 126 valence electrons. The summed E-state index contributed by atoms with van der Waals surface area (Å²) in [5.74, 6) is 0.929. The molecule has 1 aromatic carbocycles. The molecule has 0 saturated heterocycles. The number of benzene rings is 1. The predicted octanol–water partition coefficient (Wildman–Crippen LogP) is 1.56. The Bertz CT molecular complexity index is 759. The number of aryl methyl sites for hydroxylation is 1. The van der Waals surface area contributed by atoms with Gasteiger partial charge in [0.15, 0.2) is 0 Å². The minimum absolute atomic E-state index is 0.00699. The van der Waals surface area contributed by atoms with Crippen molar-refractivity contribution >= 4 is 11.7 Å². The highest BCUT2D eigenvalue weighted by Gasteiger charge is 2.22. The first-order valence-electron chi connectivity index (χ1n) is 7.71. The molecule has 0 aliphatic carbocycles. The number of hydrogen-bond donors (Lipinski definition) is 2. The fourth-order valence-corrected chi connectivity index (χ4v) is 2.77. The largest absolute Gasteiger partial charge is 0.334 e. The highest BCUT2D eigenvalue weighted by molar-refractivity contribution is 5.74. The second-order valence-corrected chi connectivity index (χ2v) is 5.79. The van der Waals surface area contributed by atoms with Gasteiger partial charge >= 0.3 is 6.03 Å². The van der Waals surface area contributed by atoms with Crippen LogP contribution in [0, 0.1) is 10.1 Å². The van der Waals surface area contributed by atoms with Crippen LogP contribution in [0.2, 0.25) is 0 Å². The Kier molecular flexibility index (Phi) is 4.41. The highest BCUT2D eigenvalue weighted by Crippen LogP contribution is 2.19. The molecule has 2 unspecified atom stereocenters. The minimum atomic E-state index is -0.450. The van der Waals surface area contributed by atoms with Crippen LogP contribution in [0.3, 0.4) is 0 Å². The Hall–Kier alpha value is -2.97. The van der Waals surface area contributed by atoms with E-state index in [0.717, 1.165) is 18.7 Å². The van der Waals surface area contributed by atoms with E-state index in [1.807, 2.05) is 0 Å². The Morgan fingerprint density at radius 3 is 3.12 bits per heavy atom. The van der Waals surface area contributed by atoms with Crippen molar-refractivity contribution in [3.05, 3.63) is 52.1 Å². The van der Waals surface area contributed by atoms with Gasteiger partial charge in [-0.05, 0) is 18.9 Å². The monoisotopic (exact) mass is 330 g/mol. The Morgan fingerprint density at radius 1 is 1.50 bits per heavy atom. The maximum Gasteiger partial charge on any atom is 0.315 e. The van der Waals surface area contributed by atoms with E-state index in [2.05, 4.69) is 20.7 Å². The van der Waals surface area contributed by atoms with Crippen LogP contribution in [0.1, 0.15) is 30.8 Å². The van der Waals surface area contributed by atoms with Gasteiger partial charge in [-0.2, -0.15) is 5.10 Å². The predicted molar refractivity (Wildman–Crippen MR) is 85.3 cm³/mol. The molecular formula is C15H18N6O3. The number of urea groups is 1. The average Bonchev–Trinajstić information content (AvgIpc) is 3.02. The van der Waals surface area contributed by atoms with Gasteiger partial charge in [0.1, 0.15) is 12.2 Å². The number of nitro groups is 1. The van der Waals surface area contributed by atoms with Gasteiger partial charge in [0.25, 0.3) is 5.69 Å². The van der Waals surface area contributed by atoms with Crippen molar-refractivity contribution in [1.82, 2.24) is 25.4 Å². The van der Waals surface area contributed by atoms with Gasteiger partial charge in [-0.15, -0.1) is 0 Å². The van der Waals surface area contributed by atoms with Crippen LogP contribution >= 0.6 is 0 Å². The van der Waals surface area contributed by atoms with Gasteiger partial charge in [-0.25, -0.2) is 14.5 Å². The van der Waals surface area contributed by atoms with E-state index >= 15 is 0 Å². The molecule has 1 aliphatic rings. The lowest BCUT2D eigenvalue weighted by Gasteiger charge is -2.24. The molecule has 9 nitrogen and oxygen atoms in total. The molecule has 24 heavy (non-hydrogen) atoms. The van der Waals surface area contributed by atoms with Crippen LogP contribution in [0.15, 0.2) is 30.6 Å². The van der Waals surface area contributed by atoms with E-state index in [9.17, 15) is 14.9 Å². The molecule has 1 aliphatic heterocycles. The summed E-state index contributed by atoms with van der Waals surface area (Å²) in [4.78, 5) is 26.7. The first kappa shape index (κ1) is 15.9. The zero-order valence-electron chi connectivity index (χ0n) is 13.2. The summed E-state index contributed by atoms with van der Waals surface area (Å²) >= 11 is 0. The SMILES string of the molecule is CC(NC(=O)NC1CCc2ncnn2C1)c1cccc([N+](=O)[O-])c1. The molecule has 0 fully saturated rings. The van der Waals surface area contributed by atoms with Crippen molar-refractivity contribution in [2.45, 2.75) is 38.4 Å². The number of carbonyl (C=O) groups is 1. The third kappa shape index (κ3) is 3.50. The van der Waals surface area contributed by atoms with Crippen molar-refractivity contribution in [3.8, 4) is 0 Å². The number of carbonyl (C=O) groups excluding carboxylic acids is 1. The van der Waals surface area contributed by atoms with Crippen molar-refractivity contribution in [3.63, 3.8) is 0 Å². The van der Waals surface area contributed by atoms with E-state index in [0.29, 0.717) is 12.1 Å². The minimum Gasteiger partial charge on any atom is -0.334 e. The fraction of sp³-hybridized carbons (Fsp3) is 0.400. The summed E-state index contributed by atoms with van der Waals surface area (Å²) < 4.78 is 1.79. The summed E-state index contributed by atoms with van der Waals surface area (Å²) in [7, 11) is 0.